The van der Waals surface area contributed by atoms with Crippen LogP contribution in [-0.2, 0) is 11.8 Å². The van der Waals surface area contributed by atoms with Crippen LogP contribution in [0.15, 0.2) is 6.08 Å². The van der Waals surface area contributed by atoms with Crippen LogP contribution in [0.5, 0.6) is 0 Å². The summed E-state index contributed by atoms with van der Waals surface area (Å²) in [6.45, 7) is 3.65. The second kappa shape index (κ2) is 6.38. The van der Waals surface area contributed by atoms with Gasteiger partial charge in [-0.3, -0.25) is 4.68 Å². The van der Waals surface area contributed by atoms with Crippen LogP contribution in [0.25, 0.3) is 6.08 Å². The second-order valence-corrected chi connectivity index (χ2v) is 4.84. The number of rotatable bonds is 6. The van der Waals surface area contributed by atoms with E-state index in [1.807, 2.05) is 35.1 Å². The lowest BCUT2D eigenvalue weighted by Gasteiger charge is -2.22. The van der Waals surface area contributed by atoms with E-state index >= 15 is 0 Å². The van der Waals surface area contributed by atoms with Crippen molar-refractivity contribution in [2.75, 3.05) is 39.1 Å². The summed E-state index contributed by atoms with van der Waals surface area (Å²) >= 11 is 0. The summed E-state index contributed by atoms with van der Waals surface area (Å²) in [5.74, 6) is -0.0259. The number of aromatic nitrogens is 2. The molecule has 0 aliphatic carbocycles. The molecular weight excluding hydrogens is 244 g/mol. The Balaban J connectivity index is 3.01. The Kier molecular flexibility index (Phi) is 5.11. The van der Waals surface area contributed by atoms with Gasteiger partial charge in [0.05, 0.1) is 5.69 Å². The summed E-state index contributed by atoms with van der Waals surface area (Å²) in [7, 11) is 7.89. The highest BCUT2D eigenvalue weighted by molar-refractivity contribution is 5.87. The van der Waals surface area contributed by atoms with E-state index < -0.39 is 5.97 Å². The smallest absolute Gasteiger partial charge is 0.328 e. The van der Waals surface area contributed by atoms with Crippen molar-refractivity contribution >= 4 is 17.9 Å². The summed E-state index contributed by atoms with van der Waals surface area (Å²) in [5.41, 5.74) is 1.68. The SMILES string of the molecule is Cc1nn(C)c(N(C)CCN(C)C)c1C=CC(=O)O. The van der Waals surface area contributed by atoms with Gasteiger partial charge in [-0.1, -0.05) is 0 Å². The molecule has 1 aromatic rings. The number of carbonyl (C=O) groups is 1. The Hall–Kier alpha value is -1.82. The van der Waals surface area contributed by atoms with Crippen molar-refractivity contribution in [1.29, 1.82) is 0 Å². The van der Waals surface area contributed by atoms with Crippen LogP contribution >= 0.6 is 0 Å². The molecule has 0 spiro atoms. The maximum Gasteiger partial charge on any atom is 0.328 e. The molecule has 0 aliphatic heterocycles. The minimum atomic E-state index is -0.954. The van der Waals surface area contributed by atoms with Crippen molar-refractivity contribution in [1.82, 2.24) is 14.7 Å². The molecule has 0 saturated carbocycles. The third kappa shape index (κ3) is 4.10. The van der Waals surface area contributed by atoms with Crippen LogP contribution in [0, 0.1) is 6.92 Å². The van der Waals surface area contributed by atoms with Gasteiger partial charge in [-0.25, -0.2) is 4.79 Å². The molecule has 0 amide bonds. The number of hydrogen-bond acceptors (Lipinski definition) is 4. The number of aliphatic carboxylic acids is 1. The first kappa shape index (κ1) is 15.2. The minimum Gasteiger partial charge on any atom is -0.478 e. The first-order valence-corrected chi connectivity index (χ1v) is 6.13. The molecule has 0 bridgehead atoms. The van der Waals surface area contributed by atoms with Crippen molar-refractivity contribution in [3.05, 3.63) is 17.3 Å². The average molecular weight is 266 g/mol. The third-order valence-electron chi connectivity index (χ3n) is 2.87. The van der Waals surface area contributed by atoms with Crippen LogP contribution in [0.4, 0.5) is 5.82 Å². The molecular formula is C13H22N4O2. The Labute approximate surface area is 113 Å². The molecule has 1 aromatic heterocycles. The van der Waals surface area contributed by atoms with Gasteiger partial charge < -0.3 is 14.9 Å². The first-order chi connectivity index (χ1) is 8.82. The first-order valence-electron chi connectivity index (χ1n) is 6.13. The molecule has 0 atom stereocenters. The van der Waals surface area contributed by atoms with E-state index in [-0.39, 0.29) is 0 Å². The van der Waals surface area contributed by atoms with Gasteiger partial charge in [0.25, 0.3) is 0 Å². The predicted octanol–water partition coefficient (Wildman–Crippen LogP) is 0.824. The number of carboxylic acid groups (broad SMARTS) is 1. The molecule has 1 rings (SSSR count). The summed E-state index contributed by atoms with van der Waals surface area (Å²) in [5, 5.41) is 13.1. The number of anilines is 1. The van der Waals surface area contributed by atoms with Gasteiger partial charge in [0, 0.05) is 38.8 Å². The number of nitrogens with zero attached hydrogens (tertiary/aromatic N) is 4. The maximum atomic E-state index is 10.7. The van der Waals surface area contributed by atoms with Crippen molar-refractivity contribution < 1.29 is 9.90 Å². The Bertz CT molecular complexity index is 477. The maximum absolute atomic E-state index is 10.7. The molecule has 19 heavy (non-hydrogen) atoms. The largest absolute Gasteiger partial charge is 0.478 e. The molecule has 0 fully saturated rings. The zero-order valence-electron chi connectivity index (χ0n) is 12.2. The lowest BCUT2D eigenvalue weighted by Crippen LogP contribution is -2.30. The number of likely N-dealkylation sites (N-methyl/N-ethyl adjacent to an activating group) is 2. The van der Waals surface area contributed by atoms with E-state index in [1.54, 1.807) is 10.8 Å². The van der Waals surface area contributed by atoms with Crippen molar-refractivity contribution in [2.24, 2.45) is 7.05 Å². The average Bonchev–Trinajstić information content (AvgIpc) is 2.58. The van der Waals surface area contributed by atoms with E-state index in [9.17, 15) is 4.79 Å². The predicted molar refractivity (Wildman–Crippen MR) is 76.4 cm³/mol. The van der Waals surface area contributed by atoms with Gasteiger partial charge in [-0.2, -0.15) is 5.10 Å². The lowest BCUT2D eigenvalue weighted by atomic mass is 10.2. The summed E-state index contributed by atoms with van der Waals surface area (Å²) < 4.78 is 1.78. The Morgan fingerprint density at radius 3 is 2.53 bits per heavy atom. The second-order valence-electron chi connectivity index (χ2n) is 4.84. The van der Waals surface area contributed by atoms with Crippen molar-refractivity contribution in [2.45, 2.75) is 6.92 Å². The number of carboxylic acids is 1. The monoisotopic (exact) mass is 266 g/mol. The quantitative estimate of drug-likeness (QED) is 0.773. The van der Waals surface area contributed by atoms with Gasteiger partial charge in [-0.15, -0.1) is 0 Å². The van der Waals surface area contributed by atoms with Crippen LogP contribution < -0.4 is 4.90 Å². The van der Waals surface area contributed by atoms with Crippen molar-refractivity contribution in [3.63, 3.8) is 0 Å². The molecule has 6 heteroatoms. The molecule has 1 heterocycles. The van der Waals surface area contributed by atoms with Gasteiger partial charge in [0.1, 0.15) is 5.82 Å². The molecule has 0 aromatic carbocycles. The zero-order chi connectivity index (χ0) is 14.6. The number of aryl methyl sites for hydroxylation is 2. The lowest BCUT2D eigenvalue weighted by molar-refractivity contribution is -0.131. The van der Waals surface area contributed by atoms with Gasteiger partial charge >= 0.3 is 5.97 Å². The van der Waals surface area contributed by atoms with E-state index in [0.29, 0.717) is 0 Å². The number of hydrogen-bond donors (Lipinski definition) is 1. The van der Waals surface area contributed by atoms with E-state index in [4.69, 9.17) is 5.11 Å². The fourth-order valence-corrected chi connectivity index (χ4v) is 1.92. The van der Waals surface area contributed by atoms with Crippen LogP contribution in [0.2, 0.25) is 0 Å². The summed E-state index contributed by atoms with van der Waals surface area (Å²) in [6.07, 6.45) is 2.75. The highest BCUT2D eigenvalue weighted by Gasteiger charge is 2.15. The zero-order valence-corrected chi connectivity index (χ0v) is 12.2. The summed E-state index contributed by atoms with van der Waals surface area (Å²) in [4.78, 5) is 14.8. The fraction of sp³-hybridized carbons (Fsp3) is 0.538. The molecule has 0 aliphatic rings. The van der Waals surface area contributed by atoms with Gasteiger partial charge in [0.2, 0.25) is 0 Å². The highest BCUT2D eigenvalue weighted by Crippen LogP contribution is 2.23. The standard InChI is InChI=1S/C13H22N4O2/c1-10-11(6-7-12(18)19)13(17(5)14-10)16(4)9-8-15(2)3/h6-7H,8-9H2,1-5H3,(H,18,19). The molecule has 106 valence electrons. The Morgan fingerprint density at radius 1 is 1.37 bits per heavy atom. The minimum absolute atomic E-state index is 0.826. The molecule has 6 nitrogen and oxygen atoms in total. The highest BCUT2D eigenvalue weighted by atomic mass is 16.4. The van der Waals surface area contributed by atoms with E-state index in [2.05, 4.69) is 14.9 Å². The molecule has 0 saturated heterocycles. The normalized spacial score (nSPS) is 11.5. The Morgan fingerprint density at radius 2 is 2.00 bits per heavy atom. The topological polar surface area (TPSA) is 61.6 Å². The van der Waals surface area contributed by atoms with Gasteiger partial charge in [0.15, 0.2) is 0 Å². The third-order valence-corrected chi connectivity index (χ3v) is 2.87. The summed E-state index contributed by atoms with van der Waals surface area (Å²) in [6, 6.07) is 0. The van der Waals surface area contributed by atoms with Crippen LogP contribution in [-0.4, -0.2) is 60.0 Å². The van der Waals surface area contributed by atoms with Crippen LogP contribution in [0.1, 0.15) is 11.3 Å². The fourth-order valence-electron chi connectivity index (χ4n) is 1.92. The van der Waals surface area contributed by atoms with Crippen molar-refractivity contribution in [3.8, 4) is 0 Å². The molecule has 1 N–H and O–H groups in total. The van der Waals surface area contributed by atoms with E-state index in [1.165, 1.54) is 0 Å². The van der Waals surface area contributed by atoms with E-state index in [0.717, 1.165) is 36.2 Å². The van der Waals surface area contributed by atoms with Crippen LogP contribution in [0.3, 0.4) is 0 Å². The molecule has 0 unspecified atom stereocenters. The molecule has 0 radical (unpaired) electrons. The van der Waals surface area contributed by atoms with Gasteiger partial charge in [-0.05, 0) is 27.1 Å².